The third-order valence-electron chi connectivity index (χ3n) is 3.24. The lowest BCUT2D eigenvalue weighted by molar-refractivity contribution is -0.146. The molecule has 24 heavy (non-hydrogen) atoms. The molecule has 0 unspecified atom stereocenters. The van der Waals surface area contributed by atoms with Gasteiger partial charge in [-0.3, -0.25) is 0 Å². The molecule has 0 atom stereocenters. The molecule has 0 aliphatic rings. The van der Waals surface area contributed by atoms with Crippen molar-refractivity contribution >= 4 is 18.0 Å². The summed E-state index contributed by atoms with van der Waals surface area (Å²) in [7, 11) is 0. The number of rotatable bonds is 6. The number of hydrogen-bond acceptors (Lipinski definition) is 5. The molecule has 0 N–H and O–H groups in total. The Morgan fingerprint density at radius 2 is 1.54 bits per heavy atom. The number of benzene rings is 1. The lowest BCUT2D eigenvalue weighted by Gasteiger charge is -2.05. The zero-order chi connectivity index (χ0) is 17.5. The Bertz CT molecular complexity index is 717. The molecule has 5 nitrogen and oxygen atoms in total. The Morgan fingerprint density at radius 1 is 0.958 bits per heavy atom. The van der Waals surface area contributed by atoms with Gasteiger partial charge in [-0.05, 0) is 32.9 Å². The first-order valence-corrected chi connectivity index (χ1v) is 7.78. The molecule has 0 aliphatic carbocycles. The van der Waals surface area contributed by atoms with Crippen LogP contribution in [0.1, 0.15) is 25.2 Å². The van der Waals surface area contributed by atoms with Crippen molar-refractivity contribution in [3.05, 3.63) is 53.3 Å². The first-order valence-electron chi connectivity index (χ1n) is 7.78. The summed E-state index contributed by atoms with van der Waals surface area (Å²) in [4.78, 5) is 23.9. The predicted molar refractivity (Wildman–Crippen MR) is 90.1 cm³/mol. The van der Waals surface area contributed by atoms with Crippen molar-refractivity contribution in [2.24, 2.45) is 0 Å². The van der Waals surface area contributed by atoms with E-state index >= 15 is 0 Å². The van der Waals surface area contributed by atoms with Gasteiger partial charge in [-0.15, -0.1) is 0 Å². The monoisotopic (exact) mass is 328 g/mol. The molecule has 1 aromatic carbocycles. The van der Waals surface area contributed by atoms with E-state index in [2.05, 4.69) is 0 Å². The van der Waals surface area contributed by atoms with Crippen LogP contribution in [0.5, 0.6) is 0 Å². The van der Waals surface area contributed by atoms with Crippen LogP contribution in [0.15, 0.2) is 46.4 Å². The maximum absolute atomic E-state index is 11.9. The highest BCUT2D eigenvalue weighted by atomic mass is 16.6. The minimum absolute atomic E-state index is 0.169. The van der Waals surface area contributed by atoms with Crippen LogP contribution in [-0.2, 0) is 19.1 Å². The molecule has 0 saturated heterocycles. The van der Waals surface area contributed by atoms with Crippen molar-refractivity contribution in [2.75, 3.05) is 13.2 Å². The van der Waals surface area contributed by atoms with Crippen molar-refractivity contribution in [1.29, 1.82) is 0 Å². The first kappa shape index (κ1) is 17.5. The Balaban J connectivity index is 2.30. The molecule has 0 amide bonds. The van der Waals surface area contributed by atoms with Gasteiger partial charge in [-0.2, -0.15) is 0 Å². The van der Waals surface area contributed by atoms with Gasteiger partial charge in [0.15, 0.2) is 0 Å². The predicted octanol–water partition coefficient (Wildman–Crippen LogP) is 3.76. The van der Waals surface area contributed by atoms with Crippen LogP contribution in [0.25, 0.3) is 17.4 Å². The zero-order valence-corrected chi connectivity index (χ0v) is 14.0. The highest BCUT2D eigenvalue weighted by Gasteiger charge is 2.21. The summed E-state index contributed by atoms with van der Waals surface area (Å²) >= 11 is 0. The van der Waals surface area contributed by atoms with E-state index in [9.17, 15) is 9.59 Å². The number of carbonyl (C=O) groups is 2. The third-order valence-corrected chi connectivity index (χ3v) is 3.24. The van der Waals surface area contributed by atoms with E-state index in [1.54, 1.807) is 26.0 Å². The number of carbonyl (C=O) groups excluding carboxylic acids is 2. The number of aryl methyl sites for hydroxylation is 1. The minimum Gasteiger partial charge on any atom is -0.462 e. The highest BCUT2D eigenvalue weighted by molar-refractivity contribution is 6.17. The topological polar surface area (TPSA) is 65.7 Å². The molecular formula is C19H20O5. The summed E-state index contributed by atoms with van der Waals surface area (Å²) in [6, 6.07) is 11.3. The van der Waals surface area contributed by atoms with Crippen LogP contribution in [-0.4, -0.2) is 25.2 Å². The summed E-state index contributed by atoms with van der Waals surface area (Å²) in [6.07, 6.45) is 1.34. The van der Waals surface area contributed by atoms with E-state index in [4.69, 9.17) is 13.9 Å². The van der Waals surface area contributed by atoms with Crippen LogP contribution < -0.4 is 0 Å². The molecule has 2 aromatic rings. The number of hydrogen-bond donors (Lipinski definition) is 0. The fourth-order valence-electron chi connectivity index (χ4n) is 2.06. The summed E-state index contributed by atoms with van der Waals surface area (Å²) in [5.41, 5.74) is 1.87. The average molecular weight is 328 g/mol. The molecule has 5 heteroatoms. The van der Waals surface area contributed by atoms with Gasteiger partial charge >= 0.3 is 11.9 Å². The second kappa shape index (κ2) is 8.15. The summed E-state index contributed by atoms with van der Waals surface area (Å²) < 4.78 is 15.5. The standard InChI is InChI=1S/C19H20O5/c1-4-22-18(20)16(19(21)23-5-2)12-15-10-11-17(24-15)14-8-6-13(3)7-9-14/h6-12H,4-5H2,1-3H3. The minimum atomic E-state index is -0.732. The molecule has 0 saturated carbocycles. The van der Waals surface area contributed by atoms with E-state index in [0.717, 1.165) is 11.1 Å². The lowest BCUT2D eigenvalue weighted by Crippen LogP contribution is -2.18. The van der Waals surface area contributed by atoms with Crippen LogP contribution in [0, 0.1) is 6.92 Å². The van der Waals surface area contributed by atoms with Crippen LogP contribution in [0.3, 0.4) is 0 Å². The van der Waals surface area contributed by atoms with Gasteiger partial charge in [-0.25, -0.2) is 9.59 Å². The normalized spacial score (nSPS) is 10.1. The van der Waals surface area contributed by atoms with Gasteiger partial charge in [-0.1, -0.05) is 29.8 Å². The van der Waals surface area contributed by atoms with Crippen molar-refractivity contribution in [1.82, 2.24) is 0 Å². The number of ether oxygens (including phenoxy) is 2. The fraction of sp³-hybridized carbons (Fsp3) is 0.263. The molecule has 1 heterocycles. The van der Waals surface area contributed by atoms with Crippen LogP contribution in [0.2, 0.25) is 0 Å². The number of furan rings is 1. The molecule has 2 rings (SSSR count). The molecule has 1 aromatic heterocycles. The SMILES string of the molecule is CCOC(=O)C(=Cc1ccc(-c2ccc(C)cc2)o1)C(=O)OCC. The quantitative estimate of drug-likeness (QED) is 0.349. The second-order valence-electron chi connectivity index (χ2n) is 5.07. The van der Waals surface area contributed by atoms with Crippen molar-refractivity contribution < 1.29 is 23.5 Å². The van der Waals surface area contributed by atoms with Gasteiger partial charge in [0.2, 0.25) is 0 Å². The Morgan fingerprint density at radius 3 is 2.08 bits per heavy atom. The van der Waals surface area contributed by atoms with Crippen LogP contribution >= 0.6 is 0 Å². The van der Waals surface area contributed by atoms with Gasteiger partial charge in [0, 0.05) is 11.6 Å². The summed E-state index contributed by atoms with van der Waals surface area (Å²) in [5, 5.41) is 0. The smallest absolute Gasteiger partial charge is 0.345 e. The van der Waals surface area contributed by atoms with E-state index < -0.39 is 11.9 Å². The molecule has 126 valence electrons. The van der Waals surface area contributed by atoms with Gasteiger partial charge in [0.1, 0.15) is 17.1 Å². The van der Waals surface area contributed by atoms with Gasteiger partial charge in [0.05, 0.1) is 13.2 Å². The first-order chi connectivity index (χ1) is 11.5. The van der Waals surface area contributed by atoms with E-state index in [1.807, 2.05) is 31.2 Å². The summed E-state index contributed by atoms with van der Waals surface area (Å²) in [5.74, 6) is -0.441. The molecule has 0 spiro atoms. The number of esters is 2. The third kappa shape index (κ3) is 4.35. The van der Waals surface area contributed by atoms with Crippen molar-refractivity contribution in [3.8, 4) is 11.3 Å². The fourth-order valence-corrected chi connectivity index (χ4v) is 2.06. The molecule has 0 radical (unpaired) electrons. The van der Waals surface area contributed by atoms with E-state index in [0.29, 0.717) is 11.5 Å². The van der Waals surface area contributed by atoms with Gasteiger partial charge < -0.3 is 13.9 Å². The Hall–Kier alpha value is -2.82. The maximum Gasteiger partial charge on any atom is 0.345 e. The van der Waals surface area contributed by atoms with Crippen molar-refractivity contribution in [3.63, 3.8) is 0 Å². The van der Waals surface area contributed by atoms with Crippen LogP contribution in [0.4, 0.5) is 0 Å². The van der Waals surface area contributed by atoms with Gasteiger partial charge in [0.25, 0.3) is 0 Å². The van der Waals surface area contributed by atoms with E-state index in [-0.39, 0.29) is 18.8 Å². The molecule has 0 aliphatic heterocycles. The maximum atomic E-state index is 11.9. The largest absolute Gasteiger partial charge is 0.462 e. The van der Waals surface area contributed by atoms with E-state index in [1.165, 1.54) is 6.08 Å². The Labute approximate surface area is 140 Å². The zero-order valence-electron chi connectivity index (χ0n) is 14.0. The Kier molecular flexibility index (Phi) is 5.95. The molecule has 0 bridgehead atoms. The molecular weight excluding hydrogens is 308 g/mol. The highest BCUT2D eigenvalue weighted by Crippen LogP contribution is 2.24. The summed E-state index contributed by atoms with van der Waals surface area (Å²) in [6.45, 7) is 5.68. The lowest BCUT2D eigenvalue weighted by atomic mass is 10.1. The van der Waals surface area contributed by atoms with Crippen molar-refractivity contribution in [2.45, 2.75) is 20.8 Å². The average Bonchev–Trinajstić information content (AvgIpc) is 3.02. The second-order valence-corrected chi connectivity index (χ2v) is 5.07. The molecule has 0 fully saturated rings.